The van der Waals surface area contributed by atoms with Gasteiger partial charge in [0.05, 0.1) is 23.7 Å². The zero-order valence-electron chi connectivity index (χ0n) is 17.3. The Hall–Kier alpha value is -3.24. The van der Waals surface area contributed by atoms with Crippen LogP contribution in [0.2, 0.25) is 5.02 Å². The zero-order valence-corrected chi connectivity index (χ0v) is 18.8. The Morgan fingerprint density at radius 3 is 2.74 bits per heavy atom. The van der Waals surface area contributed by atoms with Crippen LogP contribution >= 0.6 is 22.9 Å². The summed E-state index contributed by atoms with van der Waals surface area (Å²) < 4.78 is 47.7. The molecule has 1 saturated carbocycles. The van der Waals surface area contributed by atoms with Crippen molar-refractivity contribution >= 4 is 43.2 Å². The van der Waals surface area contributed by atoms with E-state index in [0.29, 0.717) is 31.9 Å². The molecule has 0 atom stereocenters. The predicted molar refractivity (Wildman–Crippen MR) is 122 cm³/mol. The highest BCUT2D eigenvalue weighted by atomic mass is 35.5. The highest BCUT2D eigenvalue weighted by Gasteiger charge is 2.36. The van der Waals surface area contributed by atoms with E-state index in [1.54, 1.807) is 18.2 Å². The number of pyridine rings is 1. The fourth-order valence-corrected chi connectivity index (χ4v) is 5.41. The molecule has 1 aliphatic carbocycles. The number of nitrogens with zero attached hydrogens (tertiary/aromatic N) is 4. The molecular formula is C23H14ClF3N4O2S. The van der Waals surface area contributed by atoms with Crippen LogP contribution in [0.5, 0.6) is 0 Å². The Morgan fingerprint density at radius 2 is 2.03 bits per heavy atom. The molecular weight excluding hydrogens is 489 g/mol. The quantitative estimate of drug-likeness (QED) is 0.290. The molecule has 0 aliphatic heterocycles. The molecule has 4 heterocycles. The summed E-state index contributed by atoms with van der Waals surface area (Å²) in [5.74, 6) is 0.548. The van der Waals surface area contributed by atoms with Gasteiger partial charge in [0.25, 0.3) is 5.56 Å². The van der Waals surface area contributed by atoms with Gasteiger partial charge < -0.3 is 4.42 Å². The van der Waals surface area contributed by atoms with E-state index in [4.69, 9.17) is 21.0 Å². The smallest absolute Gasteiger partial charge is 0.417 e. The molecule has 5 aromatic rings. The van der Waals surface area contributed by atoms with Crippen molar-refractivity contribution in [3.8, 4) is 11.5 Å². The lowest BCUT2D eigenvalue weighted by molar-refractivity contribution is -0.137. The minimum Gasteiger partial charge on any atom is -0.447 e. The van der Waals surface area contributed by atoms with Crippen LogP contribution in [0.15, 0.2) is 52.3 Å². The summed E-state index contributed by atoms with van der Waals surface area (Å²) in [5.41, 5.74) is -0.450. The number of halogens is 4. The highest BCUT2D eigenvalue weighted by Crippen LogP contribution is 2.45. The topological polar surface area (TPSA) is 73.8 Å². The largest absolute Gasteiger partial charge is 0.447 e. The van der Waals surface area contributed by atoms with E-state index < -0.39 is 11.7 Å². The zero-order chi connectivity index (χ0) is 23.6. The number of oxazole rings is 1. The third kappa shape index (κ3) is 3.57. The van der Waals surface area contributed by atoms with Gasteiger partial charge in [-0.15, -0.1) is 11.3 Å². The molecule has 0 bridgehead atoms. The molecule has 1 aromatic carbocycles. The van der Waals surface area contributed by atoms with E-state index >= 15 is 0 Å². The van der Waals surface area contributed by atoms with Crippen molar-refractivity contribution in [1.82, 2.24) is 19.5 Å². The third-order valence-corrected chi connectivity index (χ3v) is 7.11. The molecule has 0 radical (unpaired) electrons. The second kappa shape index (κ2) is 7.64. The Kier molecular flexibility index (Phi) is 4.79. The Balaban J connectivity index is 1.65. The molecule has 0 amide bonds. The summed E-state index contributed by atoms with van der Waals surface area (Å²) in [7, 11) is 0. The van der Waals surface area contributed by atoms with Crippen LogP contribution in [-0.2, 0) is 12.7 Å². The molecule has 1 fully saturated rings. The summed E-state index contributed by atoms with van der Waals surface area (Å²) in [4.78, 5) is 27.1. The summed E-state index contributed by atoms with van der Waals surface area (Å²) in [6.45, 7) is 0.00878. The standard InChI is InChI=1S/C23H14ClF3N4O2S/c24-13-3-4-15-17(6-13)34-21-18(15)22(32)31(9-14-8-28-10-33-14)20(30-21)19-16(11-1-2-11)5-12(7-29-19)23(25,26)27/h3-8,10-11H,1-2,9H2. The maximum Gasteiger partial charge on any atom is 0.417 e. The van der Waals surface area contributed by atoms with Gasteiger partial charge in [0.2, 0.25) is 0 Å². The number of alkyl halides is 3. The van der Waals surface area contributed by atoms with Crippen molar-refractivity contribution in [2.45, 2.75) is 31.5 Å². The highest BCUT2D eigenvalue weighted by molar-refractivity contribution is 7.25. The maximum absolute atomic E-state index is 13.8. The van der Waals surface area contributed by atoms with Crippen LogP contribution in [-0.4, -0.2) is 19.5 Å². The third-order valence-electron chi connectivity index (χ3n) is 5.83. The maximum atomic E-state index is 13.8. The molecule has 0 N–H and O–H groups in total. The van der Waals surface area contributed by atoms with Crippen LogP contribution in [0.1, 0.15) is 35.6 Å². The number of fused-ring (bicyclic) bond motifs is 3. The number of thiophene rings is 1. The van der Waals surface area contributed by atoms with Gasteiger partial charge in [-0.25, -0.2) is 9.97 Å². The van der Waals surface area contributed by atoms with Crippen LogP contribution in [0.3, 0.4) is 0 Å². The number of hydrogen-bond acceptors (Lipinski definition) is 6. The Bertz CT molecular complexity index is 1620. The van der Waals surface area contributed by atoms with Gasteiger partial charge in [0, 0.05) is 21.3 Å². The van der Waals surface area contributed by atoms with Gasteiger partial charge in [0.15, 0.2) is 12.2 Å². The average Bonchev–Trinajstić information content (AvgIpc) is 3.39. The van der Waals surface area contributed by atoms with Gasteiger partial charge in [-0.2, -0.15) is 13.2 Å². The van der Waals surface area contributed by atoms with Crippen molar-refractivity contribution in [2.24, 2.45) is 0 Å². The normalized spacial score (nSPS) is 14.4. The first-order chi connectivity index (χ1) is 16.3. The minimum atomic E-state index is -4.52. The molecule has 1 aliphatic rings. The number of benzene rings is 1. The molecule has 172 valence electrons. The van der Waals surface area contributed by atoms with Crippen molar-refractivity contribution in [3.05, 3.63) is 75.3 Å². The van der Waals surface area contributed by atoms with Gasteiger partial charge in [-0.05, 0) is 42.5 Å². The molecule has 0 saturated heterocycles. The number of hydrogen-bond donors (Lipinski definition) is 0. The molecule has 4 aromatic heterocycles. The lowest BCUT2D eigenvalue weighted by Crippen LogP contribution is -2.24. The summed E-state index contributed by atoms with van der Waals surface area (Å²) >= 11 is 7.44. The van der Waals surface area contributed by atoms with Gasteiger partial charge in [-0.1, -0.05) is 17.7 Å². The molecule has 0 unspecified atom stereocenters. The van der Waals surface area contributed by atoms with E-state index in [-0.39, 0.29) is 29.5 Å². The monoisotopic (exact) mass is 502 g/mol. The average molecular weight is 503 g/mol. The van der Waals surface area contributed by atoms with E-state index in [1.807, 2.05) is 0 Å². The van der Waals surface area contributed by atoms with Crippen molar-refractivity contribution in [2.75, 3.05) is 0 Å². The molecule has 6 rings (SSSR count). The molecule has 34 heavy (non-hydrogen) atoms. The Morgan fingerprint density at radius 1 is 1.21 bits per heavy atom. The van der Waals surface area contributed by atoms with Crippen LogP contribution in [0, 0.1) is 0 Å². The van der Waals surface area contributed by atoms with E-state index in [1.165, 1.54) is 28.5 Å². The van der Waals surface area contributed by atoms with Crippen LogP contribution in [0.25, 0.3) is 31.8 Å². The van der Waals surface area contributed by atoms with Gasteiger partial charge in [-0.3, -0.25) is 14.3 Å². The first-order valence-corrected chi connectivity index (χ1v) is 11.6. The molecule has 11 heteroatoms. The fraction of sp³-hybridized carbons (Fsp3) is 0.217. The first kappa shape index (κ1) is 21.3. The second-order valence-electron chi connectivity index (χ2n) is 8.15. The van der Waals surface area contributed by atoms with Crippen LogP contribution in [0.4, 0.5) is 13.2 Å². The Labute approximate surface area is 198 Å². The number of rotatable bonds is 4. The fourth-order valence-electron chi connectivity index (χ4n) is 4.06. The SMILES string of the molecule is O=c1c2c(nc(-c3ncc(C(F)(F)F)cc3C3CC3)n1Cc1cnco1)sc1cc(Cl)ccc12. The van der Waals surface area contributed by atoms with Crippen LogP contribution < -0.4 is 5.56 Å². The lowest BCUT2D eigenvalue weighted by atomic mass is 10.0. The number of aromatic nitrogens is 4. The lowest BCUT2D eigenvalue weighted by Gasteiger charge is -2.15. The minimum absolute atomic E-state index is 0.00878. The predicted octanol–water partition coefficient (Wildman–Crippen LogP) is 6.26. The van der Waals surface area contributed by atoms with E-state index in [0.717, 1.165) is 29.8 Å². The van der Waals surface area contributed by atoms with Gasteiger partial charge in [0.1, 0.15) is 16.3 Å². The van der Waals surface area contributed by atoms with Crippen molar-refractivity contribution < 1.29 is 17.6 Å². The summed E-state index contributed by atoms with van der Waals surface area (Å²) in [5, 5.41) is 1.66. The summed E-state index contributed by atoms with van der Waals surface area (Å²) in [6.07, 6.45) is 0.518. The van der Waals surface area contributed by atoms with Crippen molar-refractivity contribution in [1.29, 1.82) is 0 Å². The second-order valence-corrected chi connectivity index (χ2v) is 9.62. The molecule has 6 nitrogen and oxygen atoms in total. The van der Waals surface area contributed by atoms with Crippen molar-refractivity contribution in [3.63, 3.8) is 0 Å². The summed E-state index contributed by atoms with van der Waals surface area (Å²) in [6, 6.07) is 6.35. The van der Waals surface area contributed by atoms with E-state index in [2.05, 4.69) is 9.97 Å². The first-order valence-electron chi connectivity index (χ1n) is 10.4. The van der Waals surface area contributed by atoms with Gasteiger partial charge >= 0.3 is 6.18 Å². The van der Waals surface area contributed by atoms with E-state index in [9.17, 15) is 18.0 Å². The molecule has 0 spiro atoms.